The Kier molecular flexibility index (Phi) is 5.41. The van der Waals surface area contributed by atoms with Crippen LogP contribution in [0.2, 0.25) is 0 Å². The Morgan fingerprint density at radius 1 is 1.19 bits per heavy atom. The van der Waals surface area contributed by atoms with Gasteiger partial charge in [-0.25, -0.2) is 13.4 Å². The Morgan fingerprint density at radius 3 is 2.59 bits per heavy atom. The Morgan fingerprint density at radius 2 is 1.96 bits per heavy atom. The number of anilines is 3. The van der Waals surface area contributed by atoms with Crippen LogP contribution < -0.4 is 19.7 Å². The average Bonchev–Trinajstić information content (AvgIpc) is 3.00. The molecule has 1 unspecified atom stereocenters. The molecular formula is C18H24N4O4S. The number of hydrogen-bond acceptors (Lipinski definition) is 8. The lowest BCUT2D eigenvalue weighted by Gasteiger charge is -2.24. The third-order valence-corrected chi connectivity index (χ3v) is 6.33. The van der Waals surface area contributed by atoms with Crippen LogP contribution in [0.1, 0.15) is 12.1 Å². The first-order valence-electron chi connectivity index (χ1n) is 8.59. The highest BCUT2D eigenvalue weighted by Crippen LogP contribution is 2.31. The van der Waals surface area contributed by atoms with Gasteiger partial charge in [0.2, 0.25) is 5.95 Å². The highest BCUT2D eigenvalue weighted by molar-refractivity contribution is 7.91. The molecule has 2 heterocycles. The largest absolute Gasteiger partial charge is 0.497 e. The van der Waals surface area contributed by atoms with Gasteiger partial charge >= 0.3 is 0 Å². The number of aromatic nitrogens is 2. The second-order valence-electron chi connectivity index (χ2n) is 6.55. The van der Waals surface area contributed by atoms with Gasteiger partial charge in [0.05, 0.1) is 31.4 Å². The number of nitrogens with zero attached hydrogens (tertiary/aromatic N) is 3. The monoisotopic (exact) mass is 392 g/mol. The van der Waals surface area contributed by atoms with E-state index in [2.05, 4.69) is 15.3 Å². The summed E-state index contributed by atoms with van der Waals surface area (Å²) in [5.41, 5.74) is 1.49. The van der Waals surface area contributed by atoms with Crippen molar-refractivity contribution in [2.75, 3.05) is 43.0 Å². The fourth-order valence-corrected chi connectivity index (χ4v) is 4.84. The van der Waals surface area contributed by atoms with Gasteiger partial charge in [-0.1, -0.05) is 0 Å². The quantitative estimate of drug-likeness (QED) is 0.799. The second kappa shape index (κ2) is 7.59. The minimum Gasteiger partial charge on any atom is -0.497 e. The molecule has 1 saturated heterocycles. The van der Waals surface area contributed by atoms with Crippen molar-refractivity contribution in [2.24, 2.45) is 0 Å². The van der Waals surface area contributed by atoms with Crippen molar-refractivity contribution in [3.63, 3.8) is 0 Å². The van der Waals surface area contributed by atoms with Crippen LogP contribution in [0.15, 0.2) is 24.3 Å². The topological polar surface area (TPSA) is 93.7 Å². The summed E-state index contributed by atoms with van der Waals surface area (Å²) in [6.07, 6.45) is 0.586. The zero-order valence-electron chi connectivity index (χ0n) is 15.9. The number of aryl methyl sites for hydroxylation is 1. The van der Waals surface area contributed by atoms with Crippen molar-refractivity contribution < 1.29 is 17.9 Å². The molecule has 8 nitrogen and oxygen atoms in total. The molecule has 1 N–H and O–H groups in total. The molecule has 1 fully saturated rings. The standard InChI is InChI=1S/C18H24N4O4S/c1-12-9-17(20-15-10-14(25-3)5-6-16(15)26-4)21-18(19-12)22(2)13-7-8-27(23,24)11-13/h5-6,9-10,13H,7-8,11H2,1-4H3,(H,19,20,21). The Hall–Kier alpha value is -2.55. The smallest absolute Gasteiger partial charge is 0.227 e. The van der Waals surface area contributed by atoms with E-state index < -0.39 is 9.84 Å². The molecule has 1 aliphatic heterocycles. The van der Waals surface area contributed by atoms with Crippen molar-refractivity contribution in [1.29, 1.82) is 0 Å². The maximum atomic E-state index is 11.8. The van der Waals surface area contributed by atoms with Crippen LogP contribution in [0.25, 0.3) is 0 Å². The lowest BCUT2D eigenvalue weighted by Crippen LogP contribution is -2.34. The second-order valence-corrected chi connectivity index (χ2v) is 8.78. The summed E-state index contributed by atoms with van der Waals surface area (Å²) in [6, 6.07) is 7.15. The van der Waals surface area contributed by atoms with Crippen molar-refractivity contribution in [3.8, 4) is 11.5 Å². The predicted octanol–water partition coefficient (Wildman–Crippen LogP) is 2.17. The summed E-state index contributed by atoms with van der Waals surface area (Å²) in [6.45, 7) is 1.87. The average molecular weight is 392 g/mol. The molecule has 3 rings (SSSR count). The molecule has 0 radical (unpaired) electrons. The van der Waals surface area contributed by atoms with Gasteiger partial charge in [0, 0.05) is 30.9 Å². The molecular weight excluding hydrogens is 368 g/mol. The zero-order valence-corrected chi connectivity index (χ0v) is 16.7. The number of rotatable bonds is 6. The molecule has 1 aromatic heterocycles. The Labute approximate surface area is 159 Å². The molecule has 1 aliphatic rings. The first-order chi connectivity index (χ1) is 12.8. The van der Waals surface area contributed by atoms with Crippen LogP contribution in [-0.2, 0) is 9.84 Å². The van der Waals surface area contributed by atoms with Crippen molar-refractivity contribution in [2.45, 2.75) is 19.4 Å². The van der Waals surface area contributed by atoms with Gasteiger partial charge in [0.15, 0.2) is 9.84 Å². The van der Waals surface area contributed by atoms with Crippen LogP contribution in [0.4, 0.5) is 17.5 Å². The first kappa shape index (κ1) is 19.2. The number of hydrogen-bond donors (Lipinski definition) is 1. The maximum Gasteiger partial charge on any atom is 0.227 e. The molecule has 0 saturated carbocycles. The van der Waals surface area contributed by atoms with Gasteiger partial charge in [-0.05, 0) is 25.5 Å². The SMILES string of the molecule is COc1ccc(OC)c(Nc2cc(C)nc(N(C)C3CCS(=O)(=O)C3)n2)c1. The van der Waals surface area contributed by atoms with Gasteiger partial charge < -0.3 is 19.7 Å². The van der Waals surface area contributed by atoms with E-state index in [-0.39, 0.29) is 17.5 Å². The molecule has 27 heavy (non-hydrogen) atoms. The summed E-state index contributed by atoms with van der Waals surface area (Å²) in [4.78, 5) is 10.9. The third-order valence-electron chi connectivity index (χ3n) is 4.58. The number of ether oxygens (including phenoxy) is 2. The Balaban J connectivity index is 1.88. The molecule has 2 aromatic rings. The van der Waals surface area contributed by atoms with Crippen LogP contribution in [-0.4, -0.2) is 57.2 Å². The van der Waals surface area contributed by atoms with Gasteiger partial charge in [0.25, 0.3) is 0 Å². The predicted molar refractivity (Wildman–Crippen MR) is 105 cm³/mol. The maximum absolute atomic E-state index is 11.8. The lowest BCUT2D eigenvalue weighted by molar-refractivity contribution is 0.405. The zero-order chi connectivity index (χ0) is 19.6. The van der Waals surface area contributed by atoms with E-state index in [9.17, 15) is 8.42 Å². The van der Waals surface area contributed by atoms with Crippen LogP contribution in [0, 0.1) is 6.92 Å². The van der Waals surface area contributed by atoms with E-state index in [1.54, 1.807) is 14.2 Å². The van der Waals surface area contributed by atoms with E-state index in [0.717, 1.165) is 5.69 Å². The lowest BCUT2D eigenvalue weighted by atomic mass is 10.2. The molecule has 0 bridgehead atoms. The molecule has 0 amide bonds. The summed E-state index contributed by atoms with van der Waals surface area (Å²) in [5.74, 6) is 2.77. The van der Waals surface area contributed by atoms with Crippen molar-refractivity contribution in [3.05, 3.63) is 30.0 Å². The van der Waals surface area contributed by atoms with E-state index in [1.165, 1.54) is 0 Å². The summed E-state index contributed by atoms with van der Waals surface area (Å²) in [5, 5.41) is 3.24. The van der Waals surface area contributed by atoms with E-state index in [4.69, 9.17) is 9.47 Å². The molecule has 1 aromatic carbocycles. The van der Waals surface area contributed by atoms with Crippen molar-refractivity contribution >= 4 is 27.3 Å². The summed E-state index contributed by atoms with van der Waals surface area (Å²) >= 11 is 0. The van der Waals surface area contributed by atoms with Gasteiger partial charge in [0.1, 0.15) is 17.3 Å². The molecule has 0 aliphatic carbocycles. The van der Waals surface area contributed by atoms with E-state index >= 15 is 0 Å². The molecule has 9 heteroatoms. The highest BCUT2D eigenvalue weighted by Gasteiger charge is 2.32. The molecule has 146 valence electrons. The fraction of sp³-hybridized carbons (Fsp3) is 0.444. The van der Waals surface area contributed by atoms with Crippen LogP contribution in [0.3, 0.4) is 0 Å². The van der Waals surface area contributed by atoms with Crippen LogP contribution >= 0.6 is 0 Å². The Bertz CT molecular complexity index is 933. The van der Waals surface area contributed by atoms with Crippen molar-refractivity contribution in [1.82, 2.24) is 9.97 Å². The number of benzene rings is 1. The minimum atomic E-state index is -2.98. The fourth-order valence-electron chi connectivity index (χ4n) is 3.07. The summed E-state index contributed by atoms with van der Waals surface area (Å²) < 4.78 is 34.2. The number of methoxy groups -OCH3 is 2. The number of nitrogens with one attached hydrogen (secondary N) is 1. The highest BCUT2D eigenvalue weighted by atomic mass is 32.2. The van der Waals surface area contributed by atoms with Crippen LogP contribution in [0.5, 0.6) is 11.5 Å². The number of sulfone groups is 1. The van der Waals surface area contributed by atoms with E-state index in [1.807, 2.05) is 43.1 Å². The first-order valence-corrected chi connectivity index (χ1v) is 10.4. The third kappa shape index (κ3) is 4.41. The molecule has 1 atom stereocenters. The van der Waals surface area contributed by atoms with E-state index in [0.29, 0.717) is 35.4 Å². The minimum absolute atomic E-state index is 0.115. The normalized spacial score (nSPS) is 18.1. The van der Waals surface area contributed by atoms with Gasteiger partial charge in [-0.15, -0.1) is 0 Å². The van der Waals surface area contributed by atoms with Gasteiger partial charge in [-0.2, -0.15) is 4.98 Å². The van der Waals surface area contributed by atoms with Gasteiger partial charge in [-0.3, -0.25) is 0 Å². The summed E-state index contributed by atoms with van der Waals surface area (Å²) in [7, 11) is 2.05. The molecule has 0 spiro atoms.